The van der Waals surface area contributed by atoms with Crippen molar-refractivity contribution >= 4 is 15.9 Å². The van der Waals surface area contributed by atoms with E-state index in [2.05, 4.69) is 45.0 Å². The number of nitrogens with zero attached hydrogens (tertiary/aromatic N) is 1. The standard InChI is InChI=1S/C12H12BrNO/c1-15-12-5-4-10(8-11(12)13)9-14-6-2-3-7-14/h2-8H,9H2,1H3. The number of methoxy groups -OCH3 is 1. The fourth-order valence-corrected chi connectivity index (χ4v) is 2.08. The van der Waals surface area contributed by atoms with Crippen LogP contribution in [0, 0.1) is 0 Å². The molecule has 0 N–H and O–H groups in total. The predicted octanol–water partition coefficient (Wildman–Crippen LogP) is 3.31. The van der Waals surface area contributed by atoms with Crippen molar-refractivity contribution in [1.29, 1.82) is 0 Å². The summed E-state index contributed by atoms with van der Waals surface area (Å²) in [5.74, 6) is 0.867. The Hall–Kier alpha value is -1.22. The first-order valence-corrected chi connectivity index (χ1v) is 5.52. The van der Waals surface area contributed by atoms with Crippen molar-refractivity contribution in [1.82, 2.24) is 4.57 Å². The van der Waals surface area contributed by atoms with Gasteiger partial charge in [0.25, 0.3) is 0 Å². The summed E-state index contributed by atoms with van der Waals surface area (Å²) < 4.78 is 8.31. The molecule has 0 saturated carbocycles. The van der Waals surface area contributed by atoms with Crippen molar-refractivity contribution < 1.29 is 4.74 Å². The zero-order valence-electron chi connectivity index (χ0n) is 8.48. The van der Waals surface area contributed by atoms with Gasteiger partial charge in [0.05, 0.1) is 11.6 Å². The number of hydrogen-bond acceptors (Lipinski definition) is 1. The number of benzene rings is 1. The zero-order valence-corrected chi connectivity index (χ0v) is 10.1. The molecule has 0 bridgehead atoms. The van der Waals surface area contributed by atoms with Crippen LogP contribution in [0.3, 0.4) is 0 Å². The lowest BCUT2D eigenvalue weighted by Crippen LogP contribution is -1.96. The summed E-state index contributed by atoms with van der Waals surface area (Å²) in [6.45, 7) is 0.885. The number of halogens is 1. The third-order valence-electron chi connectivity index (χ3n) is 2.25. The van der Waals surface area contributed by atoms with Crippen LogP contribution in [0.15, 0.2) is 47.2 Å². The number of rotatable bonds is 3. The normalized spacial score (nSPS) is 10.3. The molecule has 1 aromatic heterocycles. The molecule has 0 atom stereocenters. The maximum Gasteiger partial charge on any atom is 0.133 e. The van der Waals surface area contributed by atoms with E-state index < -0.39 is 0 Å². The van der Waals surface area contributed by atoms with Crippen molar-refractivity contribution in [3.8, 4) is 5.75 Å². The molecule has 15 heavy (non-hydrogen) atoms. The van der Waals surface area contributed by atoms with Crippen LogP contribution in [-0.4, -0.2) is 11.7 Å². The zero-order chi connectivity index (χ0) is 10.7. The molecule has 0 aliphatic rings. The molecular formula is C12H12BrNO. The third kappa shape index (κ3) is 2.42. The van der Waals surface area contributed by atoms with Crippen LogP contribution < -0.4 is 4.74 Å². The van der Waals surface area contributed by atoms with Gasteiger partial charge in [-0.05, 0) is 45.8 Å². The molecule has 78 valence electrons. The maximum absolute atomic E-state index is 5.18. The van der Waals surface area contributed by atoms with Crippen LogP contribution >= 0.6 is 15.9 Å². The van der Waals surface area contributed by atoms with Crippen molar-refractivity contribution in [3.63, 3.8) is 0 Å². The summed E-state index contributed by atoms with van der Waals surface area (Å²) in [6, 6.07) is 10.2. The second kappa shape index (κ2) is 4.53. The second-order valence-electron chi connectivity index (χ2n) is 3.32. The molecule has 2 nitrogen and oxygen atoms in total. The fraction of sp³-hybridized carbons (Fsp3) is 0.167. The Labute approximate surface area is 97.6 Å². The molecule has 0 unspecified atom stereocenters. The van der Waals surface area contributed by atoms with E-state index in [4.69, 9.17) is 4.74 Å². The highest BCUT2D eigenvalue weighted by Crippen LogP contribution is 2.25. The van der Waals surface area contributed by atoms with E-state index >= 15 is 0 Å². The Bertz CT molecular complexity index is 437. The van der Waals surface area contributed by atoms with Crippen molar-refractivity contribution in [3.05, 3.63) is 52.8 Å². The topological polar surface area (TPSA) is 14.2 Å². The third-order valence-corrected chi connectivity index (χ3v) is 2.87. The molecule has 2 aromatic rings. The summed E-state index contributed by atoms with van der Waals surface area (Å²) in [5.41, 5.74) is 1.25. The first-order chi connectivity index (χ1) is 7.29. The Balaban J connectivity index is 2.20. The monoisotopic (exact) mass is 265 g/mol. The lowest BCUT2D eigenvalue weighted by molar-refractivity contribution is 0.412. The van der Waals surface area contributed by atoms with E-state index in [-0.39, 0.29) is 0 Å². The van der Waals surface area contributed by atoms with Crippen molar-refractivity contribution in [2.45, 2.75) is 6.54 Å². The first kappa shape index (κ1) is 10.3. The summed E-state index contributed by atoms with van der Waals surface area (Å²) in [5, 5.41) is 0. The molecule has 0 aliphatic carbocycles. The average molecular weight is 266 g/mol. The van der Waals surface area contributed by atoms with Gasteiger partial charge in [0, 0.05) is 18.9 Å². The van der Waals surface area contributed by atoms with Gasteiger partial charge in [-0.2, -0.15) is 0 Å². The Morgan fingerprint density at radius 3 is 2.60 bits per heavy atom. The molecule has 0 spiro atoms. The van der Waals surface area contributed by atoms with Gasteiger partial charge in [-0.3, -0.25) is 0 Å². The summed E-state index contributed by atoms with van der Waals surface area (Å²) >= 11 is 3.48. The number of aromatic nitrogens is 1. The lowest BCUT2D eigenvalue weighted by Gasteiger charge is -2.07. The largest absolute Gasteiger partial charge is 0.496 e. The Kier molecular flexibility index (Phi) is 3.11. The van der Waals surface area contributed by atoms with Gasteiger partial charge in [0.2, 0.25) is 0 Å². The molecule has 1 heterocycles. The average Bonchev–Trinajstić information content (AvgIpc) is 2.71. The van der Waals surface area contributed by atoms with E-state index in [0.717, 1.165) is 16.8 Å². The molecule has 0 saturated heterocycles. The molecule has 0 radical (unpaired) electrons. The van der Waals surface area contributed by atoms with Gasteiger partial charge in [-0.15, -0.1) is 0 Å². The summed E-state index contributed by atoms with van der Waals surface area (Å²) in [7, 11) is 1.67. The highest BCUT2D eigenvalue weighted by atomic mass is 79.9. The van der Waals surface area contributed by atoms with Crippen molar-refractivity contribution in [2.75, 3.05) is 7.11 Å². The van der Waals surface area contributed by atoms with Crippen LogP contribution in [0.1, 0.15) is 5.56 Å². The number of ether oxygens (including phenoxy) is 1. The van der Waals surface area contributed by atoms with Crippen molar-refractivity contribution in [2.24, 2.45) is 0 Å². The van der Waals surface area contributed by atoms with Gasteiger partial charge in [-0.1, -0.05) is 6.07 Å². The van der Waals surface area contributed by atoms with Crippen LogP contribution in [0.5, 0.6) is 5.75 Å². The van der Waals surface area contributed by atoms with Crippen LogP contribution in [0.25, 0.3) is 0 Å². The molecule has 2 rings (SSSR count). The van der Waals surface area contributed by atoms with E-state index in [1.54, 1.807) is 7.11 Å². The molecule has 0 fully saturated rings. The van der Waals surface area contributed by atoms with E-state index in [1.165, 1.54) is 5.56 Å². The van der Waals surface area contributed by atoms with E-state index in [1.807, 2.05) is 18.2 Å². The smallest absolute Gasteiger partial charge is 0.133 e. The van der Waals surface area contributed by atoms with E-state index in [9.17, 15) is 0 Å². The lowest BCUT2D eigenvalue weighted by atomic mass is 10.2. The SMILES string of the molecule is COc1ccc(Cn2cccc2)cc1Br. The predicted molar refractivity (Wildman–Crippen MR) is 64.2 cm³/mol. The fourth-order valence-electron chi connectivity index (χ4n) is 1.49. The number of hydrogen-bond donors (Lipinski definition) is 0. The molecule has 0 aliphatic heterocycles. The van der Waals surface area contributed by atoms with Gasteiger partial charge in [-0.25, -0.2) is 0 Å². The highest BCUT2D eigenvalue weighted by molar-refractivity contribution is 9.10. The first-order valence-electron chi connectivity index (χ1n) is 4.73. The van der Waals surface area contributed by atoms with Crippen LogP contribution in [0.4, 0.5) is 0 Å². The van der Waals surface area contributed by atoms with Gasteiger partial charge in [0.15, 0.2) is 0 Å². The minimum Gasteiger partial charge on any atom is -0.496 e. The molecule has 1 aromatic carbocycles. The Morgan fingerprint density at radius 1 is 1.27 bits per heavy atom. The molecule has 0 amide bonds. The minimum absolute atomic E-state index is 0.867. The summed E-state index contributed by atoms with van der Waals surface area (Å²) in [4.78, 5) is 0. The summed E-state index contributed by atoms with van der Waals surface area (Å²) in [6.07, 6.45) is 4.11. The van der Waals surface area contributed by atoms with E-state index in [0.29, 0.717) is 0 Å². The molecule has 3 heteroatoms. The van der Waals surface area contributed by atoms with Gasteiger partial charge < -0.3 is 9.30 Å². The highest BCUT2D eigenvalue weighted by Gasteiger charge is 2.01. The van der Waals surface area contributed by atoms with Crippen LogP contribution in [0.2, 0.25) is 0 Å². The quantitative estimate of drug-likeness (QED) is 0.831. The van der Waals surface area contributed by atoms with Gasteiger partial charge in [0.1, 0.15) is 5.75 Å². The van der Waals surface area contributed by atoms with Gasteiger partial charge >= 0.3 is 0 Å². The minimum atomic E-state index is 0.867. The Morgan fingerprint density at radius 2 is 2.00 bits per heavy atom. The molecular weight excluding hydrogens is 254 g/mol. The second-order valence-corrected chi connectivity index (χ2v) is 4.18. The van der Waals surface area contributed by atoms with Crippen LogP contribution in [-0.2, 0) is 6.54 Å². The maximum atomic E-state index is 5.18.